The Bertz CT molecular complexity index is 1770. The molecule has 2 heterocycles. The van der Waals surface area contributed by atoms with Crippen LogP contribution in [-0.2, 0) is 76.9 Å². The third kappa shape index (κ3) is 9.71. The first-order valence-electron chi connectivity index (χ1n) is 23.1. The Morgan fingerprint density at radius 2 is 1.21 bits per heavy atom. The molecule has 8 aliphatic rings. The molecule has 6 saturated carbocycles. The van der Waals surface area contributed by atoms with Crippen molar-refractivity contribution in [2.75, 3.05) is 26.4 Å². The minimum absolute atomic E-state index is 0. The molecule has 0 aromatic carbocycles. The lowest BCUT2D eigenvalue weighted by atomic mass is 9.43. The summed E-state index contributed by atoms with van der Waals surface area (Å²) in [6.07, 6.45) is 12.3. The van der Waals surface area contributed by atoms with E-state index in [1.54, 1.807) is 0 Å². The number of ether oxygens (including phenoxy) is 3. The van der Waals surface area contributed by atoms with Gasteiger partial charge in [0, 0.05) is 111 Å². The first kappa shape index (κ1) is 55.7. The summed E-state index contributed by atoms with van der Waals surface area (Å²) >= 11 is 9.03. The third-order valence-corrected chi connectivity index (χ3v) is 25.6. The van der Waals surface area contributed by atoms with Gasteiger partial charge in [-0.3, -0.25) is 4.79 Å². The Morgan fingerprint density at radius 1 is 0.714 bits per heavy atom. The summed E-state index contributed by atoms with van der Waals surface area (Å²) in [6, 6.07) is 0. The summed E-state index contributed by atoms with van der Waals surface area (Å²) in [6.45, 7) is 27.5. The summed E-state index contributed by atoms with van der Waals surface area (Å²) in [5.74, 6) is 0.572. The van der Waals surface area contributed by atoms with Crippen LogP contribution in [-0.4, -0.2) is 94.1 Å². The molecule has 1 spiro atoms. The van der Waals surface area contributed by atoms with Crippen molar-refractivity contribution in [3.63, 3.8) is 0 Å². The molecule has 0 radical (unpaired) electrons. The predicted octanol–water partition coefficient (Wildman–Crippen LogP) is 7.64. The number of aliphatic hydroxyl groups is 5. The van der Waals surface area contributed by atoms with Crippen LogP contribution < -0.4 is 0 Å². The minimum atomic E-state index is -0.589. The molecule has 15 heteroatoms. The molecule has 3 unspecified atom stereocenters. The smallest absolute Gasteiger partial charge is 0.172 e. The molecule has 0 aromatic rings. The standard InChI is InChI=1S/C22H36O4.C20H32O3.C5H10O2.CH4.S6/c1-6-19(4)13-16(23)20(5)14(2)7-8-21(15(3)17(19)24)9-10-22(18(20)21)25-11-12-26-22;1-6-18(4)11-15(22)19(5)12(2)7-9-20(13(3)17(18)23)10-8-14(21)16(19)20;6-4-5-2-1-3-7-5;;1-3-5-6-4-2/h6,14-18,23-24H,1,7-13H2,2-5H3;6,12-13,15-17,22-23H,1,7-11H2,2-5H3;5-6H,1-4H2;1H4;/t14-,15+,16-,17+,18?,19+,20+,21-;12-,13+,15-,16?,17+,18+,19+,20-;;;/m11.../s1. The van der Waals surface area contributed by atoms with E-state index in [1.165, 1.54) is 35.5 Å². The number of carbonyl (C=O) groups excluding carboxylic acids is 1. The fourth-order valence-electron chi connectivity index (χ4n) is 14.6. The Labute approximate surface area is 401 Å². The van der Waals surface area contributed by atoms with Crippen molar-refractivity contribution in [3.05, 3.63) is 25.3 Å². The van der Waals surface area contributed by atoms with E-state index in [0.29, 0.717) is 50.1 Å². The molecule has 4 bridgehead atoms. The molecular formula is C48H82O9S6. The molecule has 0 aromatic heterocycles. The molecule has 8 rings (SSSR count). The summed E-state index contributed by atoms with van der Waals surface area (Å²) in [5.41, 5.74) is -1.91. The highest BCUT2D eigenvalue weighted by molar-refractivity contribution is 8.64. The zero-order chi connectivity index (χ0) is 46.1. The molecular weight excluding hydrogens is 913 g/mol. The fraction of sp³-hybridized carbons (Fsp3) is 0.896. The van der Waals surface area contributed by atoms with E-state index in [4.69, 9.17) is 19.3 Å². The summed E-state index contributed by atoms with van der Waals surface area (Å²) in [4.78, 5) is 12.8. The van der Waals surface area contributed by atoms with Gasteiger partial charge in [0.1, 0.15) is 5.78 Å². The summed E-state index contributed by atoms with van der Waals surface area (Å²) < 4.78 is 17.6. The van der Waals surface area contributed by atoms with Gasteiger partial charge < -0.3 is 39.7 Å². The van der Waals surface area contributed by atoms with Gasteiger partial charge in [-0.25, -0.2) is 0 Å². The van der Waals surface area contributed by atoms with E-state index in [-0.39, 0.29) is 60.1 Å². The van der Waals surface area contributed by atoms with E-state index in [9.17, 15) is 25.2 Å². The fourth-order valence-corrected chi connectivity index (χ4v) is 20.1. The number of carbonyl (C=O) groups is 1. The van der Waals surface area contributed by atoms with Gasteiger partial charge >= 0.3 is 0 Å². The minimum Gasteiger partial charge on any atom is -0.394 e. The Morgan fingerprint density at radius 3 is 1.67 bits per heavy atom. The van der Waals surface area contributed by atoms with Gasteiger partial charge in [-0.05, 0) is 98.7 Å². The van der Waals surface area contributed by atoms with Crippen LogP contribution >= 0.6 is 0 Å². The lowest BCUT2D eigenvalue weighted by molar-refractivity contribution is -0.281. The van der Waals surface area contributed by atoms with E-state index in [0.717, 1.165) is 64.4 Å². The van der Waals surface area contributed by atoms with Crippen molar-refractivity contribution in [3.8, 4) is 0 Å². The number of hydrogen-bond donors (Lipinski definition) is 5. The second-order valence-electron chi connectivity index (χ2n) is 21.3. The molecule has 2 aliphatic heterocycles. The molecule has 8 fully saturated rings. The predicted molar refractivity (Wildman–Crippen MR) is 268 cm³/mol. The van der Waals surface area contributed by atoms with Gasteiger partial charge in [-0.2, -0.15) is 0 Å². The molecule has 364 valence electrons. The van der Waals surface area contributed by atoms with Gasteiger partial charge in [0.05, 0.1) is 50.3 Å². The zero-order valence-corrected chi connectivity index (χ0v) is 43.5. The van der Waals surface area contributed by atoms with E-state index in [2.05, 4.69) is 84.0 Å². The molecule has 6 aliphatic carbocycles. The maximum atomic E-state index is 12.8. The largest absolute Gasteiger partial charge is 0.394 e. The van der Waals surface area contributed by atoms with Crippen LogP contribution in [0.15, 0.2) is 25.3 Å². The van der Waals surface area contributed by atoms with Crippen LogP contribution in [0.3, 0.4) is 0 Å². The number of rotatable bonds is 3. The number of hydrogen-bond acceptors (Lipinski definition) is 11. The van der Waals surface area contributed by atoms with Crippen molar-refractivity contribution in [1.82, 2.24) is 0 Å². The molecule has 17 atom stereocenters. The second kappa shape index (κ2) is 21.8. The van der Waals surface area contributed by atoms with E-state index in [1.807, 2.05) is 19.1 Å². The normalized spacial score (nSPS) is 47.8. The monoisotopic (exact) mass is 994 g/mol. The Balaban J connectivity index is 0.000000214. The first-order chi connectivity index (χ1) is 29.1. The topological polar surface area (TPSA) is 146 Å². The average Bonchev–Trinajstić information content (AvgIpc) is 4.10. The molecule has 9 nitrogen and oxygen atoms in total. The highest BCUT2D eigenvalue weighted by Gasteiger charge is 2.73. The van der Waals surface area contributed by atoms with Crippen LogP contribution in [0.4, 0.5) is 0 Å². The second-order valence-corrected chi connectivity index (χ2v) is 28.4. The first-order valence-corrected chi connectivity index (χ1v) is 29.8. The highest BCUT2D eigenvalue weighted by Crippen LogP contribution is 2.72. The van der Waals surface area contributed by atoms with E-state index < -0.39 is 46.4 Å². The van der Waals surface area contributed by atoms with Gasteiger partial charge in [-0.15, -0.1) is 13.2 Å². The van der Waals surface area contributed by atoms with E-state index >= 15 is 0 Å². The van der Waals surface area contributed by atoms with Crippen LogP contribution in [0.25, 0.3) is 0 Å². The quantitative estimate of drug-likeness (QED) is 0.178. The summed E-state index contributed by atoms with van der Waals surface area (Å²) in [7, 11) is 5.63. The highest BCUT2D eigenvalue weighted by atomic mass is 33.3. The van der Waals surface area contributed by atoms with Crippen LogP contribution in [0.2, 0.25) is 0 Å². The zero-order valence-electron chi connectivity index (χ0n) is 38.6. The van der Waals surface area contributed by atoms with Crippen LogP contribution in [0.1, 0.15) is 140 Å². The van der Waals surface area contributed by atoms with Crippen molar-refractivity contribution in [1.29, 1.82) is 0 Å². The van der Waals surface area contributed by atoms with Crippen molar-refractivity contribution in [2.45, 2.75) is 176 Å². The molecule has 5 N–H and O–H groups in total. The lowest BCUT2D eigenvalue weighted by Gasteiger charge is -2.63. The third-order valence-electron chi connectivity index (χ3n) is 19.0. The van der Waals surface area contributed by atoms with Gasteiger partial charge in [0.2, 0.25) is 0 Å². The van der Waals surface area contributed by atoms with Crippen molar-refractivity contribution < 1.29 is 44.5 Å². The number of Topliss-reactive ketones (excluding diaryl/α,β-unsaturated/α-hetero) is 1. The molecule has 2 saturated heterocycles. The number of ketones is 1. The van der Waals surface area contributed by atoms with Crippen molar-refractivity contribution >= 4 is 63.7 Å². The Kier molecular flexibility index (Phi) is 19.3. The number of aliphatic hydroxyl groups excluding tert-OH is 5. The van der Waals surface area contributed by atoms with Gasteiger partial charge in [-0.1, -0.05) is 75.0 Å². The maximum Gasteiger partial charge on any atom is 0.172 e. The summed E-state index contributed by atoms with van der Waals surface area (Å²) in [5, 5.41) is 53.7. The van der Waals surface area contributed by atoms with Crippen LogP contribution in [0, 0.1) is 68.0 Å². The molecule has 63 heavy (non-hydrogen) atoms. The van der Waals surface area contributed by atoms with Crippen molar-refractivity contribution in [2.24, 2.45) is 68.0 Å². The Hall–Kier alpha value is 0.150. The average molecular weight is 996 g/mol. The maximum absolute atomic E-state index is 12.8. The SMILES string of the molecule is C.C=C[C@@]1(C)C[C@@H](O)[C@@]2(C)C3C(=O)CC[C@]3(CC[C@H]2C)[C@@H](C)[C@@H]1O.C=C[C@@]1(C)C[C@@H](O)[C@@]2(C)C3C4(CC[C@]3(CC[C@H]2C)[C@@H](C)[C@@H]1O)OCCO4.OCC1CCCO1.S=S=S=S=S=S. The lowest BCUT2D eigenvalue weighted by Crippen LogP contribution is -2.65. The van der Waals surface area contributed by atoms with Gasteiger partial charge in [0.25, 0.3) is 0 Å². The van der Waals surface area contributed by atoms with Crippen LogP contribution in [0.5, 0.6) is 0 Å². The molecule has 0 amide bonds. The van der Waals surface area contributed by atoms with Gasteiger partial charge in [0.15, 0.2) is 5.79 Å².